The number of nitrogens with zero attached hydrogens (tertiary/aromatic N) is 1. The predicted octanol–water partition coefficient (Wildman–Crippen LogP) is 1.47. The molecule has 6 N–H and O–H groups in total. The van der Waals surface area contributed by atoms with E-state index in [1.54, 1.807) is 30.6 Å². The number of allylic oxidation sites excluding steroid dienone is 3. The molecule has 5 rings (SSSR count). The second-order valence-corrected chi connectivity index (χ2v) is 9.24. The molecule has 9 heteroatoms. The van der Waals surface area contributed by atoms with Crippen LogP contribution in [0.1, 0.15) is 24.8 Å². The van der Waals surface area contributed by atoms with Crippen molar-refractivity contribution in [2.24, 2.45) is 29.4 Å². The topological polar surface area (TPSA) is 171 Å². The van der Waals surface area contributed by atoms with Gasteiger partial charge in [0.2, 0.25) is 5.78 Å². The second-order valence-electron chi connectivity index (χ2n) is 9.24. The molecule has 4 aliphatic carbocycles. The number of aliphatic hydroxyl groups is 4. The Morgan fingerprint density at radius 3 is 2.63 bits per heavy atom. The standard InChI is InChI=1S/C26H22N2O7/c27-25(34)21-18(30)10-15-8-14-9-16-13(4-3-12-2-1-7-28-11-12)5-6-17(29)20(16)22(31)19(14)23(32)26(15,35)24(21)33/h1-2,5-7,11,13-16,29,31,33,35H,8-10H2,(H2,27,34)/t13?,14-,15+,16?,26+/m1/s1. The highest BCUT2D eigenvalue weighted by molar-refractivity contribution is 6.22. The number of hydrogen-bond donors (Lipinski definition) is 5. The third-order valence-electron chi connectivity index (χ3n) is 7.35. The van der Waals surface area contributed by atoms with Gasteiger partial charge < -0.3 is 26.2 Å². The number of aromatic nitrogens is 1. The molecule has 35 heavy (non-hydrogen) atoms. The van der Waals surface area contributed by atoms with E-state index in [0.29, 0.717) is 12.0 Å². The van der Waals surface area contributed by atoms with Gasteiger partial charge in [0.1, 0.15) is 22.9 Å². The molecule has 0 aliphatic heterocycles. The lowest BCUT2D eigenvalue weighted by Gasteiger charge is -2.47. The van der Waals surface area contributed by atoms with Crippen LogP contribution in [0.2, 0.25) is 0 Å². The van der Waals surface area contributed by atoms with Crippen LogP contribution in [0.15, 0.2) is 70.7 Å². The lowest BCUT2D eigenvalue weighted by molar-refractivity contribution is -0.148. The van der Waals surface area contributed by atoms with Crippen molar-refractivity contribution in [2.45, 2.75) is 24.9 Å². The maximum Gasteiger partial charge on any atom is 0.255 e. The molecule has 1 saturated carbocycles. The summed E-state index contributed by atoms with van der Waals surface area (Å²) >= 11 is 0. The minimum absolute atomic E-state index is 0.0977. The molecule has 1 aromatic rings. The number of amides is 1. The van der Waals surface area contributed by atoms with E-state index in [9.17, 15) is 34.8 Å². The van der Waals surface area contributed by atoms with E-state index in [1.807, 2.05) is 0 Å². The number of nitrogens with two attached hydrogens (primary N) is 1. The van der Waals surface area contributed by atoms with Gasteiger partial charge in [-0.3, -0.25) is 19.4 Å². The summed E-state index contributed by atoms with van der Waals surface area (Å²) in [6.07, 6.45) is 6.44. The maximum absolute atomic E-state index is 13.5. The summed E-state index contributed by atoms with van der Waals surface area (Å²) in [5, 5.41) is 43.6. The van der Waals surface area contributed by atoms with Gasteiger partial charge in [0.15, 0.2) is 11.4 Å². The van der Waals surface area contributed by atoms with Gasteiger partial charge in [-0.15, -0.1) is 0 Å². The van der Waals surface area contributed by atoms with Crippen LogP contribution < -0.4 is 5.73 Å². The SMILES string of the molecule is NC(=O)C1=C(O)[C@@]2(O)C(=O)C3=C(O)C4=C(O)C=CC(C#Cc5cccnc5)C4C[C@H]3C[C@H]2CC1=O. The van der Waals surface area contributed by atoms with Crippen molar-refractivity contribution in [1.29, 1.82) is 0 Å². The third kappa shape index (κ3) is 3.29. The first-order chi connectivity index (χ1) is 16.6. The molecule has 4 aliphatic rings. The van der Waals surface area contributed by atoms with Crippen LogP contribution in [0.5, 0.6) is 0 Å². The predicted molar refractivity (Wildman–Crippen MR) is 121 cm³/mol. The normalized spacial score (nSPS) is 31.9. The van der Waals surface area contributed by atoms with Gasteiger partial charge in [-0.25, -0.2) is 0 Å². The fourth-order valence-electron chi connectivity index (χ4n) is 5.71. The molecule has 178 valence electrons. The molecule has 5 atom stereocenters. The third-order valence-corrected chi connectivity index (χ3v) is 7.35. The number of ketones is 2. The lowest BCUT2D eigenvalue weighted by atomic mass is 9.57. The number of Topliss-reactive ketones (excluding diaryl/α,β-unsaturated/α-hetero) is 2. The molecule has 1 amide bonds. The first-order valence-corrected chi connectivity index (χ1v) is 11.1. The zero-order chi connectivity index (χ0) is 25.1. The van der Waals surface area contributed by atoms with Crippen molar-refractivity contribution in [1.82, 2.24) is 4.98 Å². The number of fused-ring (bicyclic) bond motifs is 3. The Bertz CT molecular complexity index is 1360. The van der Waals surface area contributed by atoms with E-state index in [2.05, 4.69) is 16.8 Å². The van der Waals surface area contributed by atoms with Crippen LogP contribution in [0, 0.1) is 35.5 Å². The van der Waals surface area contributed by atoms with Gasteiger partial charge in [0.05, 0.1) is 0 Å². The number of aliphatic hydroxyl groups excluding tert-OH is 3. The van der Waals surface area contributed by atoms with E-state index in [4.69, 9.17) is 5.73 Å². The van der Waals surface area contributed by atoms with Crippen LogP contribution >= 0.6 is 0 Å². The number of carbonyl (C=O) groups is 3. The van der Waals surface area contributed by atoms with Gasteiger partial charge in [0.25, 0.3) is 5.91 Å². The van der Waals surface area contributed by atoms with Gasteiger partial charge in [-0.1, -0.05) is 17.9 Å². The molecule has 0 aromatic carbocycles. The van der Waals surface area contributed by atoms with Crippen LogP contribution in [0.4, 0.5) is 0 Å². The summed E-state index contributed by atoms with van der Waals surface area (Å²) in [6.45, 7) is 0. The molecule has 1 aromatic heterocycles. The van der Waals surface area contributed by atoms with E-state index >= 15 is 0 Å². The van der Waals surface area contributed by atoms with E-state index < -0.39 is 57.9 Å². The average molecular weight is 474 g/mol. The summed E-state index contributed by atoms with van der Waals surface area (Å²) in [6, 6.07) is 3.56. The Balaban J connectivity index is 1.58. The van der Waals surface area contributed by atoms with Gasteiger partial charge in [-0.2, -0.15) is 0 Å². The van der Waals surface area contributed by atoms with E-state index in [0.717, 1.165) is 0 Å². The molecule has 0 spiro atoms. The van der Waals surface area contributed by atoms with Crippen molar-refractivity contribution in [3.05, 3.63) is 76.2 Å². The molecule has 1 fully saturated rings. The first-order valence-electron chi connectivity index (χ1n) is 11.1. The van der Waals surface area contributed by atoms with Crippen LogP contribution in [0.25, 0.3) is 0 Å². The number of primary amides is 1. The summed E-state index contributed by atoms with van der Waals surface area (Å²) in [4.78, 5) is 41.7. The number of rotatable bonds is 1. The molecule has 0 bridgehead atoms. The van der Waals surface area contributed by atoms with Crippen molar-refractivity contribution >= 4 is 17.5 Å². The quantitative estimate of drug-likeness (QED) is 0.301. The summed E-state index contributed by atoms with van der Waals surface area (Å²) < 4.78 is 0. The minimum Gasteiger partial charge on any atom is -0.508 e. The Labute approximate surface area is 200 Å². The Kier molecular flexibility index (Phi) is 5.15. The van der Waals surface area contributed by atoms with Crippen LogP contribution in [-0.4, -0.2) is 48.5 Å². The van der Waals surface area contributed by atoms with Crippen LogP contribution in [-0.2, 0) is 14.4 Å². The summed E-state index contributed by atoms with van der Waals surface area (Å²) in [5.41, 5.74) is 2.50. The lowest BCUT2D eigenvalue weighted by Crippen LogP contribution is -2.58. The second kappa shape index (κ2) is 7.96. The highest BCUT2D eigenvalue weighted by Gasteiger charge is 2.61. The molecular formula is C26H22N2O7. The molecule has 2 unspecified atom stereocenters. The fourth-order valence-corrected chi connectivity index (χ4v) is 5.71. The fraction of sp³-hybridized carbons (Fsp3) is 0.308. The Hall–Kier alpha value is -4.16. The Morgan fingerprint density at radius 2 is 1.94 bits per heavy atom. The zero-order valence-electron chi connectivity index (χ0n) is 18.4. The molecule has 0 radical (unpaired) electrons. The summed E-state index contributed by atoms with van der Waals surface area (Å²) in [7, 11) is 0. The number of pyridine rings is 1. The molecule has 0 saturated heterocycles. The van der Waals surface area contributed by atoms with Gasteiger partial charge in [-0.05, 0) is 37.0 Å². The molecule has 1 heterocycles. The average Bonchev–Trinajstić information content (AvgIpc) is 2.81. The number of carbonyl (C=O) groups excluding carboxylic acids is 3. The molecular weight excluding hydrogens is 452 g/mol. The first kappa shape index (κ1) is 22.6. The highest BCUT2D eigenvalue weighted by Crippen LogP contribution is 2.54. The zero-order valence-corrected chi connectivity index (χ0v) is 18.4. The minimum atomic E-state index is -2.56. The largest absolute Gasteiger partial charge is 0.508 e. The van der Waals surface area contributed by atoms with Crippen molar-refractivity contribution < 1.29 is 34.8 Å². The summed E-state index contributed by atoms with van der Waals surface area (Å²) in [5.74, 6) is -0.999. The number of hydrogen-bond acceptors (Lipinski definition) is 8. The maximum atomic E-state index is 13.5. The van der Waals surface area contributed by atoms with E-state index in [1.165, 1.54) is 6.08 Å². The van der Waals surface area contributed by atoms with Crippen LogP contribution in [0.3, 0.4) is 0 Å². The monoisotopic (exact) mass is 474 g/mol. The Morgan fingerprint density at radius 1 is 1.17 bits per heavy atom. The van der Waals surface area contributed by atoms with Gasteiger partial charge >= 0.3 is 0 Å². The highest BCUT2D eigenvalue weighted by atomic mass is 16.3. The van der Waals surface area contributed by atoms with E-state index in [-0.39, 0.29) is 35.7 Å². The molecule has 9 nitrogen and oxygen atoms in total. The van der Waals surface area contributed by atoms with Crippen molar-refractivity contribution in [2.75, 3.05) is 0 Å². The van der Waals surface area contributed by atoms with Crippen molar-refractivity contribution in [3.8, 4) is 11.8 Å². The van der Waals surface area contributed by atoms with Gasteiger partial charge in [0, 0.05) is 53.3 Å². The smallest absolute Gasteiger partial charge is 0.255 e. The van der Waals surface area contributed by atoms with Crippen molar-refractivity contribution in [3.63, 3.8) is 0 Å².